The molecule has 0 bridgehead atoms. The van der Waals surface area contributed by atoms with Crippen LogP contribution in [0.15, 0.2) is 0 Å². The molecule has 0 saturated carbocycles. The first-order valence-corrected chi connectivity index (χ1v) is 4.95. The van der Waals surface area contributed by atoms with Crippen LogP contribution in [0.3, 0.4) is 0 Å². The second kappa shape index (κ2) is 8.48. The van der Waals surface area contributed by atoms with Crippen LogP contribution in [-0.2, 0) is 9.47 Å². The average Bonchev–Trinajstić information content (AvgIpc) is 2.04. The maximum Gasteiger partial charge on any atom is 0.0703 e. The zero-order valence-electron chi connectivity index (χ0n) is 8.95. The van der Waals surface area contributed by atoms with Crippen molar-refractivity contribution >= 4 is 0 Å². The monoisotopic (exact) mass is 190 g/mol. The molecule has 1 N–H and O–H groups in total. The fourth-order valence-electron chi connectivity index (χ4n) is 1.12. The predicted molar refractivity (Wildman–Crippen MR) is 52.8 cm³/mol. The lowest BCUT2D eigenvalue weighted by atomic mass is 10.1. The smallest absolute Gasteiger partial charge is 0.0703 e. The van der Waals surface area contributed by atoms with Crippen molar-refractivity contribution < 1.29 is 14.6 Å². The number of methoxy groups -OCH3 is 1. The molecular formula is C10H22O3. The van der Waals surface area contributed by atoms with Crippen molar-refractivity contribution in [3.8, 4) is 0 Å². The first-order valence-electron chi connectivity index (χ1n) is 4.95. The minimum absolute atomic E-state index is 0.189. The van der Waals surface area contributed by atoms with Crippen LogP contribution in [-0.4, -0.2) is 37.6 Å². The summed E-state index contributed by atoms with van der Waals surface area (Å²) in [4.78, 5) is 0. The van der Waals surface area contributed by atoms with Crippen LogP contribution in [0, 0.1) is 0 Å². The highest BCUT2D eigenvalue weighted by Crippen LogP contribution is 2.06. The Morgan fingerprint density at radius 1 is 1.15 bits per heavy atom. The van der Waals surface area contributed by atoms with E-state index in [9.17, 15) is 0 Å². The summed E-state index contributed by atoms with van der Waals surface area (Å²) in [6, 6.07) is 0. The zero-order valence-corrected chi connectivity index (χ0v) is 8.95. The summed E-state index contributed by atoms with van der Waals surface area (Å²) in [5.41, 5.74) is 0. The molecule has 0 heterocycles. The molecule has 2 unspecified atom stereocenters. The quantitative estimate of drug-likeness (QED) is 0.591. The minimum Gasteiger partial charge on any atom is -0.393 e. The molecule has 13 heavy (non-hydrogen) atoms. The third kappa shape index (κ3) is 9.80. The van der Waals surface area contributed by atoms with Gasteiger partial charge in [-0.2, -0.15) is 0 Å². The summed E-state index contributed by atoms with van der Waals surface area (Å²) in [6.45, 7) is 5.18. The lowest BCUT2D eigenvalue weighted by molar-refractivity contribution is 0.0201. The Hall–Kier alpha value is -0.120. The van der Waals surface area contributed by atoms with Crippen molar-refractivity contribution in [2.45, 2.75) is 45.3 Å². The molecular weight excluding hydrogens is 168 g/mol. The van der Waals surface area contributed by atoms with Gasteiger partial charge < -0.3 is 14.6 Å². The van der Waals surface area contributed by atoms with Crippen molar-refractivity contribution in [2.24, 2.45) is 0 Å². The molecule has 0 amide bonds. The van der Waals surface area contributed by atoms with E-state index in [0.717, 1.165) is 19.3 Å². The number of ether oxygens (including phenoxy) is 2. The van der Waals surface area contributed by atoms with Crippen LogP contribution in [0.1, 0.15) is 33.1 Å². The molecule has 0 aliphatic heterocycles. The zero-order chi connectivity index (χ0) is 10.1. The number of rotatable bonds is 8. The summed E-state index contributed by atoms with van der Waals surface area (Å²) in [5.74, 6) is 0. The van der Waals surface area contributed by atoms with E-state index in [4.69, 9.17) is 14.6 Å². The van der Waals surface area contributed by atoms with Crippen molar-refractivity contribution in [3.05, 3.63) is 0 Å². The Morgan fingerprint density at radius 2 is 1.85 bits per heavy atom. The first kappa shape index (κ1) is 12.9. The van der Waals surface area contributed by atoms with Crippen LogP contribution in [0.2, 0.25) is 0 Å². The first-order chi connectivity index (χ1) is 6.16. The van der Waals surface area contributed by atoms with Crippen LogP contribution in [0.5, 0.6) is 0 Å². The molecule has 0 aromatic carbocycles. The van der Waals surface area contributed by atoms with E-state index in [1.165, 1.54) is 0 Å². The van der Waals surface area contributed by atoms with Crippen LogP contribution in [0.4, 0.5) is 0 Å². The van der Waals surface area contributed by atoms with E-state index < -0.39 is 0 Å². The van der Waals surface area contributed by atoms with Crippen LogP contribution in [0.25, 0.3) is 0 Å². The topological polar surface area (TPSA) is 38.7 Å². The van der Waals surface area contributed by atoms with E-state index in [1.54, 1.807) is 7.11 Å². The molecule has 0 aliphatic carbocycles. The van der Waals surface area contributed by atoms with Gasteiger partial charge in [0.05, 0.1) is 25.4 Å². The molecule has 0 fully saturated rings. The number of aliphatic hydroxyl groups excluding tert-OH is 1. The normalized spacial score (nSPS) is 15.7. The van der Waals surface area contributed by atoms with Gasteiger partial charge in [-0.05, 0) is 33.1 Å². The third-order valence-electron chi connectivity index (χ3n) is 1.92. The number of hydrogen-bond donors (Lipinski definition) is 1. The Kier molecular flexibility index (Phi) is 8.40. The second-order valence-corrected chi connectivity index (χ2v) is 3.45. The maximum absolute atomic E-state index is 9.02. The fourth-order valence-corrected chi connectivity index (χ4v) is 1.12. The second-order valence-electron chi connectivity index (χ2n) is 3.45. The van der Waals surface area contributed by atoms with E-state index in [1.807, 2.05) is 6.92 Å². The van der Waals surface area contributed by atoms with Gasteiger partial charge in [0.25, 0.3) is 0 Å². The van der Waals surface area contributed by atoms with Crippen molar-refractivity contribution in [3.63, 3.8) is 0 Å². The van der Waals surface area contributed by atoms with E-state index in [2.05, 4.69) is 6.92 Å². The summed E-state index contributed by atoms with van der Waals surface area (Å²) in [5, 5.41) is 9.02. The van der Waals surface area contributed by atoms with Crippen LogP contribution < -0.4 is 0 Å². The molecule has 0 aliphatic rings. The van der Waals surface area contributed by atoms with Gasteiger partial charge in [0.15, 0.2) is 0 Å². The summed E-state index contributed by atoms with van der Waals surface area (Å²) >= 11 is 0. The van der Waals surface area contributed by atoms with Crippen molar-refractivity contribution in [2.75, 3.05) is 20.3 Å². The summed E-state index contributed by atoms with van der Waals surface area (Å²) in [7, 11) is 1.67. The lowest BCUT2D eigenvalue weighted by Gasteiger charge is -2.12. The minimum atomic E-state index is -0.189. The molecule has 0 saturated heterocycles. The van der Waals surface area contributed by atoms with Crippen molar-refractivity contribution in [1.82, 2.24) is 0 Å². The number of hydrogen-bond acceptors (Lipinski definition) is 3. The maximum atomic E-state index is 9.02. The largest absolute Gasteiger partial charge is 0.393 e. The van der Waals surface area contributed by atoms with Gasteiger partial charge >= 0.3 is 0 Å². The molecule has 0 rings (SSSR count). The Morgan fingerprint density at radius 3 is 2.38 bits per heavy atom. The molecule has 0 spiro atoms. The number of aliphatic hydroxyl groups is 1. The average molecular weight is 190 g/mol. The highest BCUT2D eigenvalue weighted by Gasteiger charge is 2.02. The third-order valence-corrected chi connectivity index (χ3v) is 1.92. The van der Waals surface area contributed by atoms with Gasteiger partial charge in [-0.15, -0.1) is 0 Å². The van der Waals surface area contributed by atoms with Gasteiger partial charge in [-0.3, -0.25) is 0 Å². The highest BCUT2D eigenvalue weighted by molar-refractivity contribution is 4.54. The molecule has 3 nitrogen and oxygen atoms in total. The molecule has 3 heteroatoms. The molecule has 0 aromatic rings. The Labute approximate surface area is 81.0 Å². The SMILES string of the molecule is COCCOC(C)CCCC(C)O. The Bertz CT molecular complexity index is 104. The predicted octanol–water partition coefficient (Wildman–Crippen LogP) is 1.59. The fraction of sp³-hybridized carbons (Fsp3) is 1.00. The molecule has 2 atom stereocenters. The molecule has 0 aromatic heterocycles. The highest BCUT2D eigenvalue weighted by atomic mass is 16.5. The lowest BCUT2D eigenvalue weighted by Crippen LogP contribution is -2.13. The standard InChI is InChI=1S/C10H22O3/c1-9(11)5-4-6-10(2)13-8-7-12-3/h9-11H,4-8H2,1-3H3. The van der Waals surface area contributed by atoms with Crippen molar-refractivity contribution in [1.29, 1.82) is 0 Å². The van der Waals surface area contributed by atoms with Gasteiger partial charge in [-0.1, -0.05) is 0 Å². The summed E-state index contributed by atoms with van der Waals surface area (Å²) < 4.78 is 10.3. The molecule has 0 radical (unpaired) electrons. The van der Waals surface area contributed by atoms with Crippen LogP contribution >= 0.6 is 0 Å². The van der Waals surface area contributed by atoms with E-state index in [0.29, 0.717) is 13.2 Å². The van der Waals surface area contributed by atoms with E-state index in [-0.39, 0.29) is 12.2 Å². The Balaban J connectivity index is 3.15. The van der Waals surface area contributed by atoms with Gasteiger partial charge in [0.1, 0.15) is 0 Å². The molecule has 80 valence electrons. The van der Waals surface area contributed by atoms with E-state index >= 15 is 0 Å². The van der Waals surface area contributed by atoms with Gasteiger partial charge in [0, 0.05) is 7.11 Å². The summed E-state index contributed by atoms with van der Waals surface area (Å²) in [6.07, 6.45) is 2.97. The van der Waals surface area contributed by atoms with Gasteiger partial charge in [-0.25, -0.2) is 0 Å². The van der Waals surface area contributed by atoms with Gasteiger partial charge in [0.2, 0.25) is 0 Å².